The molecule has 1 amide bonds. The van der Waals surface area contributed by atoms with E-state index in [-0.39, 0.29) is 5.91 Å². The van der Waals surface area contributed by atoms with Crippen LogP contribution in [0.5, 0.6) is 0 Å². The number of hydrogen-bond acceptors (Lipinski definition) is 3. The lowest BCUT2D eigenvalue weighted by Crippen LogP contribution is -2.52. The Kier molecular flexibility index (Phi) is 5.83. The van der Waals surface area contributed by atoms with Crippen molar-refractivity contribution < 1.29 is 4.79 Å². The summed E-state index contributed by atoms with van der Waals surface area (Å²) in [5.41, 5.74) is 1.15. The number of carbonyl (C=O) groups excluding carboxylic acids is 1. The van der Waals surface area contributed by atoms with Crippen LogP contribution in [0.25, 0.3) is 0 Å². The molecule has 0 bridgehead atoms. The molecule has 1 heterocycles. The Morgan fingerprint density at radius 2 is 2.40 bits per heavy atom. The first-order chi connectivity index (χ1) is 9.65. The molecule has 4 nitrogen and oxygen atoms in total. The molecule has 0 aliphatic carbocycles. The molecule has 1 atom stereocenters. The molecule has 1 aliphatic heterocycles. The van der Waals surface area contributed by atoms with Gasteiger partial charge in [0.2, 0.25) is 5.91 Å². The van der Waals surface area contributed by atoms with Gasteiger partial charge in [-0.05, 0) is 31.0 Å². The lowest BCUT2D eigenvalue weighted by atomic mass is 10.1. The van der Waals surface area contributed by atoms with E-state index >= 15 is 0 Å². The number of hydrogen-bond donors (Lipinski definition) is 2. The van der Waals surface area contributed by atoms with Gasteiger partial charge in [-0.25, -0.2) is 0 Å². The highest BCUT2D eigenvalue weighted by Crippen LogP contribution is 2.10. The number of carbonyl (C=O) groups is 1. The SMILES string of the molecule is C[C@@H]1CNCCN1CC(=O)NCCc1cccc(Cl)c1. The highest BCUT2D eigenvalue weighted by molar-refractivity contribution is 6.30. The van der Waals surface area contributed by atoms with E-state index < -0.39 is 0 Å². The smallest absolute Gasteiger partial charge is 0.234 e. The van der Waals surface area contributed by atoms with Gasteiger partial charge in [0.1, 0.15) is 0 Å². The first kappa shape index (κ1) is 15.3. The molecule has 1 aromatic rings. The van der Waals surface area contributed by atoms with Gasteiger partial charge in [-0.2, -0.15) is 0 Å². The Morgan fingerprint density at radius 3 is 3.15 bits per heavy atom. The van der Waals surface area contributed by atoms with Crippen LogP contribution >= 0.6 is 11.6 Å². The van der Waals surface area contributed by atoms with Gasteiger partial charge < -0.3 is 10.6 Å². The lowest BCUT2D eigenvalue weighted by molar-refractivity contribution is -0.122. The molecule has 1 aliphatic rings. The number of amides is 1. The minimum Gasteiger partial charge on any atom is -0.355 e. The summed E-state index contributed by atoms with van der Waals surface area (Å²) < 4.78 is 0. The molecular formula is C15H22ClN3O. The van der Waals surface area contributed by atoms with Crippen LogP contribution in [-0.4, -0.2) is 49.6 Å². The lowest BCUT2D eigenvalue weighted by Gasteiger charge is -2.33. The molecule has 0 saturated carbocycles. The average Bonchev–Trinajstić information content (AvgIpc) is 2.41. The predicted octanol–water partition coefficient (Wildman–Crippen LogP) is 1.29. The van der Waals surface area contributed by atoms with E-state index in [1.54, 1.807) is 0 Å². The minimum absolute atomic E-state index is 0.0979. The standard InChI is InChI=1S/C15H22ClN3O/c1-12-10-17-7-8-19(12)11-15(20)18-6-5-13-3-2-4-14(16)9-13/h2-4,9,12,17H,5-8,10-11H2,1H3,(H,18,20)/t12-/m1/s1. The molecule has 1 fully saturated rings. The topological polar surface area (TPSA) is 44.4 Å². The van der Waals surface area contributed by atoms with Crippen molar-refractivity contribution in [3.8, 4) is 0 Å². The van der Waals surface area contributed by atoms with Crippen molar-refractivity contribution >= 4 is 17.5 Å². The molecule has 5 heteroatoms. The van der Waals surface area contributed by atoms with Gasteiger partial charge >= 0.3 is 0 Å². The second-order valence-electron chi connectivity index (χ2n) is 5.25. The Labute approximate surface area is 125 Å². The van der Waals surface area contributed by atoms with Gasteiger partial charge in [0.25, 0.3) is 0 Å². The van der Waals surface area contributed by atoms with E-state index in [4.69, 9.17) is 11.6 Å². The summed E-state index contributed by atoms with van der Waals surface area (Å²) in [6.07, 6.45) is 0.809. The van der Waals surface area contributed by atoms with Crippen molar-refractivity contribution in [2.24, 2.45) is 0 Å². The molecule has 1 saturated heterocycles. The second-order valence-corrected chi connectivity index (χ2v) is 5.69. The van der Waals surface area contributed by atoms with Crippen molar-refractivity contribution in [1.82, 2.24) is 15.5 Å². The number of benzene rings is 1. The summed E-state index contributed by atoms with van der Waals surface area (Å²) in [7, 11) is 0. The maximum Gasteiger partial charge on any atom is 0.234 e. The van der Waals surface area contributed by atoms with E-state index in [1.807, 2.05) is 24.3 Å². The van der Waals surface area contributed by atoms with Gasteiger partial charge in [-0.1, -0.05) is 23.7 Å². The summed E-state index contributed by atoms with van der Waals surface area (Å²) in [6, 6.07) is 8.17. The van der Waals surface area contributed by atoms with E-state index in [0.29, 0.717) is 19.1 Å². The monoisotopic (exact) mass is 295 g/mol. The van der Waals surface area contributed by atoms with E-state index in [0.717, 1.165) is 36.6 Å². The van der Waals surface area contributed by atoms with E-state index in [9.17, 15) is 4.79 Å². The maximum atomic E-state index is 11.9. The zero-order chi connectivity index (χ0) is 14.4. The van der Waals surface area contributed by atoms with Crippen LogP contribution in [0, 0.1) is 0 Å². The van der Waals surface area contributed by atoms with Crippen molar-refractivity contribution in [2.75, 3.05) is 32.7 Å². The summed E-state index contributed by atoms with van der Waals surface area (Å²) >= 11 is 5.93. The van der Waals surface area contributed by atoms with Crippen LogP contribution in [0.15, 0.2) is 24.3 Å². The number of piperazine rings is 1. The van der Waals surface area contributed by atoms with Crippen molar-refractivity contribution in [3.05, 3.63) is 34.9 Å². The number of nitrogens with one attached hydrogen (secondary N) is 2. The third kappa shape index (κ3) is 4.78. The molecule has 2 N–H and O–H groups in total. The van der Waals surface area contributed by atoms with Gasteiger partial charge in [-0.3, -0.25) is 9.69 Å². The van der Waals surface area contributed by atoms with Crippen LogP contribution in [0.1, 0.15) is 12.5 Å². The normalized spacial score (nSPS) is 19.8. The van der Waals surface area contributed by atoms with Gasteiger partial charge in [0.05, 0.1) is 6.54 Å². The Morgan fingerprint density at radius 1 is 1.55 bits per heavy atom. The second kappa shape index (κ2) is 7.62. The molecule has 0 radical (unpaired) electrons. The molecule has 0 aromatic heterocycles. The third-order valence-electron chi connectivity index (χ3n) is 3.61. The molecular weight excluding hydrogens is 274 g/mol. The first-order valence-corrected chi connectivity index (χ1v) is 7.49. The van der Waals surface area contributed by atoms with Crippen LogP contribution in [0.3, 0.4) is 0 Å². The molecule has 110 valence electrons. The summed E-state index contributed by atoms with van der Waals surface area (Å²) in [6.45, 7) is 6.13. The number of rotatable bonds is 5. The molecule has 0 spiro atoms. The zero-order valence-corrected chi connectivity index (χ0v) is 12.6. The predicted molar refractivity (Wildman–Crippen MR) is 82.1 cm³/mol. The number of nitrogens with zero attached hydrogens (tertiary/aromatic N) is 1. The molecule has 20 heavy (non-hydrogen) atoms. The van der Waals surface area contributed by atoms with Crippen molar-refractivity contribution in [3.63, 3.8) is 0 Å². The Bertz CT molecular complexity index is 452. The summed E-state index contributed by atoms with van der Waals surface area (Å²) in [4.78, 5) is 14.1. The fourth-order valence-corrected chi connectivity index (χ4v) is 2.61. The molecule has 1 aromatic carbocycles. The van der Waals surface area contributed by atoms with E-state index in [2.05, 4.69) is 22.5 Å². The molecule has 0 unspecified atom stereocenters. The molecule has 2 rings (SSSR count). The third-order valence-corrected chi connectivity index (χ3v) is 3.85. The average molecular weight is 296 g/mol. The van der Waals surface area contributed by atoms with Crippen LogP contribution in [-0.2, 0) is 11.2 Å². The van der Waals surface area contributed by atoms with Crippen LogP contribution in [0.4, 0.5) is 0 Å². The van der Waals surface area contributed by atoms with Crippen molar-refractivity contribution in [1.29, 1.82) is 0 Å². The Balaban J connectivity index is 1.70. The highest BCUT2D eigenvalue weighted by Gasteiger charge is 2.19. The quantitative estimate of drug-likeness (QED) is 0.860. The van der Waals surface area contributed by atoms with E-state index in [1.165, 1.54) is 0 Å². The highest BCUT2D eigenvalue weighted by atomic mass is 35.5. The first-order valence-electron chi connectivity index (χ1n) is 7.11. The summed E-state index contributed by atoms with van der Waals surface area (Å²) in [5.74, 6) is 0.0979. The van der Waals surface area contributed by atoms with Gasteiger partial charge in [-0.15, -0.1) is 0 Å². The zero-order valence-electron chi connectivity index (χ0n) is 11.9. The fourth-order valence-electron chi connectivity index (χ4n) is 2.40. The fraction of sp³-hybridized carbons (Fsp3) is 0.533. The van der Waals surface area contributed by atoms with Crippen LogP contribution < -0.4 is 10.6 Å². The van der Waals surface area contributed by atoms with Crippen molar-refractivity contribution in [2.45, 2.75) is 19.4 Å². The van der Waals surface area contributed by atoms with Gasteiger partial charge in [0, 0.05) is 37.2 Å². The Hall–Kier alpha value is -1.10. The largest absolute Gasteiger partial charge is 0.355 e. The summed E-state index contributed by atoms with van der Waals surface area (Å²) in [5, 5.41) is 7.04. The minimum atomic E-state index is 0.0979. The number of halogens is 1. The van der Waals surface area contributed by atoms with Gasteiger partial charge in [0.15, 0.2) is 0 Å². The van der Waals surface area contributed by atoms with Crippen LogP contribution in [0.2, 0.25) is 5.02 Å². The maximum absolute atomic E-state index is 11.9.